The normalized spacial score (nSPS) is 11.0. The van der Waals surface area contributed by atoms with E-state index in [2.05, 4.69) is 9.97 Å². The Hall–Kier alpha value is -3.74. The van der Waals surface area contributed by atoms with Crippen LogP contribution in [0, 0.1) is 10.1 Å². The summed E-state index contributed by atoms with van der Waals surface area (Å²) < 4.78 is 0. The van der Waals surface area contributed by atoms with E-state index in [0.29, 0.717) is 11.3 Å². The number of carbonyl (C=O) groups is 1. The first-order chi connectivity index (χ1) is 12.0. The number of non-ortho nitro benzene ring substituents is 1. The molecule has 2 aromatic carbocycles. The third-order valence-electron chi connectivity index (χ3n) is 4.10. The van der Waals surface area contributed by atoms with E-state index in [9.17, 15) is 14.9 Å². The second-order valence-corrected chi connectivity index (χ2v) is 5.62. The van der Waals surface area contributed by atoms with E-state index in [0.717, 1.165) is 21.8 Å². The molecule has 0 aliphatic carbocycles. The molecule has 122 valence electrons. The molecule has 2 heterocycles. The highest BCUT2D eigenvalue weighted by Crippen LogP contribution is 2.33. The van der Waals surface area contributed by atoms with Crippen LogP contribution in [0.3, 0.4) is 0 Å². The molecule has 0 aliphatic rings. The number of nitro groups is 1. The molecule has 0 radical (unpaired) electrons. The van der Waals surface area contributed by atoms with E-state index in [4.69, 9.17) is 5.73 Å². The molecule has 7 nitrogen and oxygen atoms in total. The van der Waals surface area contributed by atoms with Crippen molar-refractivity contribution in [1.29, 1.82) is 0 Å². The molecule has 0 aliphatic heterocycles. The van der Waals surface area contributed by atoms with Crippen LogP contribution in [0.25, 0.3) is 33.1 Å². The summed E-state index contributed by atoms with van der Waals surface area (Å²) in [6.45, 7) is 0. The van der Waals surface area contributed by atoms with Crippen molar-refractivity contribution in [2.45, 2.75) is 0 Å². The monoisotopic (exact) mass is 332 g/mol. The lowest BCUT2D eigenvalue weighted by Gasteiger charge is -2.05. The van der Waals surface area contributed by atoms with Gasteiger partial charge in [-0.25, -0.2) is 4.98 Å². The number of nitrogens with two attached hydrogens (primary N) is 1. The van der Waals surface area contributed by atoms with E-state index in [1.54, 1.807) is 18.2 Å². The molecular weight excluding hydrogens is 320 g/mol. The van der Waals surface area contributed by atoms with Crippen LogP contribution >= 0.6 is 0 Å². The smallest absolute Gasteiger partial charge is 0.269 e. The highest BCUT2D eigenvalue weighted by atomic mass is 16.6. The predicted molar refractivity (Wildman–Crippen MR) is 94.2 cm³/mol. The molecule has 25 heavy (non-hydrogen) atoms. The van der Waals surface area contributed by atoms with Gasteiger partial charge in [0.05, 0.1) is 16.1 Å². The number of nitrogens with zero attached hydrogens (tertiary/aromatic N) is 2. The van der Waals surface area contributed by atoms with Gasteiger partial charge in [0.2, 0.25) is 0 Å². The molecule has 0 saturated heterocycles. The number of fused-ring (bicyclic) bond motifs is 3. The number of rotatable bonds is 3. The quantitative estimate of drug-likeness (QED) is 0.442. The molecule has 0 saturated carbocycles. The van der Waals surface area contributed by atoms with Gasteiger partial charge in [-0.1, -0.05) is 18.2 Å². The summed E-state index contributed by atoms with van der Waals surface area (Å²) in [7, 11) is 0. The Balaban J connectivity index is 2.04. The Bertz CT molecular complexity index is 1150. The molecular formula is C18H12N4O3. The van der Waals surface area contributed by atoms with Crippen molar-refractivity contribution in [3.05, 3.63) is 70.4 Å². The van der Waals surface area contributed by atoms with Gasteiger partial charge >= 0.3 is 0 Å². The maximum Gasteiger partial charge on any atom is 0.269 e. The number of carbonyl (C=O) groups excluding carboxylic acids is 1. The summed E-state index contributed by atoms with van der Waals surface area (Å²) >= 11 is 0. The highest BCUT2D eigenvalue weighted by Gasteiger charge is 2.16. The first-order valence-electron chi connectivity index (χ1n) is 7.50. The number of aromatic amines is 1. The van der Waals surface area contributed by atoms with Crippen LogP contribution < -0.4 is 5.73 Å². The lowest BCUT2D eigenvalue weighted by atomic mass is 10.1. The summed E-state index contributed by atoms with van der Waals surface area (Å²) in [5, 5.41) is 12.6. The van der Waals surface area contributed by atoms with Crippen LogP contribution in [0.5, 0.6) is 0 Å². The maximum absolute atomic E-state index is 11.7. The van der Waals surface area contributed by atoms with Crippen LogP contribution in [0.2, 0.25) is 0 Å². The van der Waals surface area contributed by atoms with Crippen molar-refractivity contribution in [1.82, 2.24) is 9.97 Å². The summed E-state index contributed by atoms with van der Waals surface area (Å²) in [5.74, 6) is -0.629. The third kappa shape index (κ3) is 2.38. The fourth-order valence-electron chi connectivity index (χ4n) is 2.92. The third-order valence-corrected chi connectivity index (χ3v) is 4.10. The largest absolute Gasteiger partial charge is 0.364 e. The maximum atomic E-state index is 11.7. The number of H-pyrrole nitrogens is 1. The number of nitrogens with one attached hydrogen (secondary N) is 1. The first kappa shape index (κ1) is 14.8. The molecule has 4 rings (SSSR count). The fraction of sp³-hybridized carbons (Fsp3) is 0. The van der Waals surface area contributed by atoms with Crippen LogP contribution in [-0.4, -0.2) is 20.8 Å². The Morgan fingerprint density at radius 1 is 1.08 bits per heavy atom. The van der Waals surface area contributed by atoms with Gasteiger partial charge in [-0.2, -0.15) is 0 Å². The Morgan fingerprint density at radius 3 is 2.48 bits per heavy atom. The lowest BCUT2D eigenvalue weighted by molar-refractivity contribution is -0.384. The van der Waals surface area contributed by atoms with Crippen LogP contribution in [0.15, 0.2) is 54.6 Å². The first-order valence-corrected chi connectivity index (χ1v) is 7.50. The van der Waals surface area contributed by atoms with Crippen LogP contribution in [0.1, 0.15) is 10.5 Å². The van der Waals surface area contributed by atoms with Gasteiger partial charge in [0, 0.05) is 34.0 Å². The summed E-state index contributed by atoms with van der Waals surface area (Å²) in [6.07, 6.45) is 0. The van der Waals surface area contributed by atoms with Crippen molar-refractivity contribution in [2.75, 3.05) is 0 Å². The zero-order valence-electron chi connectivity index (χ0n) is 12.9. The number of aromatic nitrogens is 2. The van der Waals surface area contributed by atoms with E-state index in [-0.39, 0.29) is 11.4 Å². The predicted octanol–water partition coefficient (Wildman–Crippen LogP) is 3.39. The molecule has 0 fully saturated rings. The topological polar surface area (TPSA) is 115 Å². The van der Waals surface area contributed by atoms with Gasteiger partial charge in [-0.05, 0) is 24.3 Å². The van der Waals surface area contributed by atoms with Crippen molar-refractivity contribution >= 4 is 33.4 Å². The second-order valence-electron chi connectivity index (χ2n) is 5.62. The number of hydrogen-bond donors (Lipinski definition) is 2. The zero-order valence-corrected chi connectivity index (χ0v) is 12.9. The molecule has 0 spiro atoms. The van der Waals surface area contributed by atoms with Gasteiger partial charge in [0.1, 0.15) is 5.69 Å². The van der Waals surface area contributed by atoms with Gasteiger partial charge in [-0.3, -0.25) is 14.9 Å². The fourth-order valence-corrected chi connectivity index (χ4v) is 2.92. The van der Waals surface area contributed by atoms with E-state index in [1.165, 1.54) is 12.1 Å². The lowest BCUT2D eigenvalue weighted by Crippen LogP contribution is -2.13. The minimum atomic E-state index is -0.629. The second kappa shape index (κ2) is 5.41. The average Bonchev–Trinajstić information content (AvgIpc) is 2.99. The SMILES string of the molecule is NC(=O)c1cc2c([nH]c3ccccc32)c(-c2ccc([N+](=O)[O-])cc2)n1. The van der Waals surface area contributed by atoms with Crippen molar-refractivity contribution in [3.8, 4) is 11.3 Å². The Morgan fingerprint density at radius 2 is 1.80 bits per heavy atom. The standard InChI is InChI=1S/C18H12N4O3/c19-18(23)15-9-13-12-3-1-2-4-14(12)20-17(13)16(21-15)10-5-7-11(8-6-10)22(24)25/h1-9,20H,(H2,19,23). The number of pyridine rings is 1. The molecule has 7 heteroatoms. The Kier molecular flexibility index (Phi) is 3.21. The van der Waals surface area contributed by atoms with Gasteiger partial charge < -0.3 is 10.7 Å². The van der Waals surface area contributed by atoms with Gasteiger partial charge in [0.15, 0.2) is 0 Å². The highest BCUT2D eigenvalue weighted by molar-refractivity contribution is 6.13. The van der Waals surface area contributed by atoms with E-state index in [1.807, 2.05) is 24.3 Å². The average molecular weight is 332 g/mol. The van der Waals surface area contributed by atoms with Crippen molar-refractivity contribution in [2.24, 2.45) is 5.73 Å². The van der Waals surface area contributed by atoms with Crippen molar-refractivity contribution < 1.29 is 9.72 Å². The number of hydrogen-bond acceptors (Lipinski definition) is 4. The van der Waals surface area contributed by atoms with E-state index < -0.39 is 10.8 Å². The molecule has 4 aromatic rings. The van der Waals surface area contributed by atoms with Crippen LogP contribution in [-0.2, 0) is 0 Å². The van der Waals surface area contributed by atoms with Gasteiger partial charge in [0.25, 0.3) is 11.6 Å². The summed E-state index contributed by atoms with van der Waals surface area (Å²) in [6, 6.07) is 15.4. The zero-order chi connectivity index (χ0) is 17.6. The van der Waals surface area contributed by atoms with E-state index >= 15 is 0 Å². The van der Waals surface area contributed by atoms with Crippen LogP contribution in [0.4, 0.5) is 5.69 Å². The molecule has 2 aromatic heterocycles. The number of amides is 1. The molecule has 3 N–H and O–H groups in total. The number of primary amides is 1. The number of nitro benzene ring substituents is 1. The number of benzene rings is 2. The number of para-hydroxylation sites is 1. The molecule has 0 atom stereocenters. The van der Waals surface area contributed by atoms with Gasteiger partial charge in [-0.15, -0.1) is 0 Å². The molecule has 0 unspecified atom stereocenters. The molecule has 1 amide bonds. The molecule has 0 bridgehead atoms. The Labute approximate surface area is 141 Å². The minimum absolute atomic E-state index is 0.0114. The minimum Gasteiger partial charge on any atom is -0.364 e. The van der Waals surface area contributed by atoms with Crippen molar-refractivity contribution in [3.63, 3.8) is 0 Å². The summed E-state index contributed by atoms with van der Waals surface area (Å²) in [4.78, 5) is 29.7. The summed E-state index contributed by atoms with van der Waals surface area (Å²) in [5.41, 5.74) is 8.40.